The Labute approximate surface area is 99.7 Å². The van der Waals surface area contributed by atoms with Gasteiger partial charge in [0.2, 0.25) is 0 Å². The molecule has 0 fully saturated rings. The van der Waals surface area contributed by atoms with Crippen LogP contribution in [0.3, 0.4) is 0 Å². The van der Waals surface area contributed by atoms with Crippen LogP contribution in [0.25, 0.3) is 0 Å². The van der Waals surface area contributed by atoms with Crippen LogP contribution in [0.15, 0.2) is 23.6 Å². The molecular weight excluding hydrogens is 218 g/mol. The van der Waals surface area contributed by atoms with Crippen LogP contribution in [-0.4, -0.2) is 9.59 Å². The van der Waals surface area contributed by atoms with Gasteiger partial charge in [0.05, 0.1) is 12.2 Å². The van der Waals surface area contributed by atoms with Crippen molar-refractivity contribution < 1.29 is 0 Å². The molecular formula is C12H15N3S. The van der Waals surface area contributed by atoms with Crippen molar-refractivity contribution in [2.24, 2.45) is 0 Å². The number of aromatic nitrogens is 2. The fraction of sp³-hybridized carbons (Fsp3) is 0.333. The summed E-state index contributed by atoms with van der Waals surface area (Å²) >= 11 is 1.39. The minimum atomic E-state index is 0.744. The van der Waals surface area contributed by atoms with Crippen molar-refractivity contribution in [1.29, 1.82) is 0 Å². The third kappa shape index (κ3) is 2.39. The highest BCUT2D eigenvalue weighted by Gasteiger charge is 2.04. The van der Waals surface area contributed by atoms with Crippen LogP contribution >= 0.6 is 11.5 Å². The van der Waals surface area contributed by atoms with Crippen molar-refractivity contribution >= 4 is 17.2 Å². The largest absolute Gasteiger partial charge is 0.379 e. The zero-order valence-electron chi connectivity index (χ0n) is 9.53. The molecule has 2 rings (SSSR count). The summed E-state index contributed by atoms with van der Waals surface area (Å²) in [5.74, 6) is 0. The van der Waals surface area contributed by atoms with Gasteiger partial charge in [-0.25, -0.2) is 0 Å². The minimum Gasteiger partial charge on any atom is -0.379 e. The number of hydrogen-bond donors (Lipinski definition) is 1. The molecule has 2 aromatic rings. The van der Waals surface area contributed by atoms with Crippen LogP contribution in [0.5, 0.6) is 0 Å². The standard InChI is InChI=1S/C12H15N3S/c1-3-10-6-4-5-9(2)12(10)13-7-11-8-16-15-14-11/h4-6,8,13H,3,7H2,1-2H3. The topological polar surface area (TPSA) is 37.8 Å². The first-order valence-corrected chi connectivity index (χ1v) is 6.23. The summed E-state index contributed by atoms with van der Waals surface area (Å²) in [7, 11) is 0. The van der Waals surface area contributed by atoms with Crippen molar-refractivity contribution in [3.05, 3.63) is 40.4 Å². The Balaban J connectivity index is 2.14. The second-order valence-electron chi connectivity index (χ2n) is 3.71. The smallest absolute Gasteiger partial charge is 0.0946 e. The number of benzene rings is 1. The molecule has 0 atom stereocenters. The highest BCUT2D eigenvalue weighted by Crippen LogP contribution is 2.21. The molecule has 1 heterocycles. The third-order valence-corrected chi connectivity index (χ3v) is 3.14. The van der Waals surface area contributed by atoms with Crippen LogP contribution in [0.2, 0.25) is 0 Å². The maximum absolute atomic E-state index is 4.02. The first kappa shape index (κ1) is 11.1. The molecule has 0 saturated carbocycles. The van der Waals surface area contributed by atoms with Gasteiger partial charge in [0.1, 0.15) is 0 Å². The van der Waals surface area contributed by atoms with Gasteiger partial charge in [0.15, 0.2) is 0 Å². The molecule has 16 heavy (non-hydrogen) atoms. The number of nitrogens with one attached hydrogen (secondary N) is 1. The Kier molecular flexibility index (Phi) is 3.51. The minimum absolute atomic E-state index is 0.744. The first-order chi connectivity index (χ1) is 7.81. The van der Waals surface area contributed by atoms with Gasteiger partial charge in [-0.15, -0.1) is 5.10 Å². The lowest BCUT2D eigenvalue weighted by Gasteiger charge is -2.12. The van der Waals surface area contributed by atoms with Crippen molar-refractivity contribution in [3.8, 4) is 0 Å². The molecule has 0 aliphatic heterocycles. The maximum atomic E-state index is 4.02. The number of nitrogens with zero attached hydrogens (tertiary/aromatic N) is 2. The molecule has 4 heteroatoms. The van der Waals surface area contributed by atoms with Crippen LogP contribution < -0.4 is 5.32 Å². The second kappa shape index (κ2) is 5.07. The van der Waals surface area contributed by atoms with E-state index in [1.807, 2.05) is 5.38 Å². The lowest BCUT2D eigenvalue weighted by Crippen LogP contribution is -2.04. The molecule has 3 nitrogen and oxygen atoms in total. The van der Waals surface area contributed by atoms with Crippen molar-refractivity contribution in [3.63, 3.8) is 0 Å². The molecule has 0 aliphatic carbocycles. The summed E-state index contributed by atoms with van der Waals surface area (Å²) in [4.78, 5) is 0. The van der Waals surface area contributed by atoms with E-state index in [0.717, 1.165) is 18.7 Å². The SMILES string of the molecule is CCc1cccc(C)c1NCc1csnn1. The Bertz CT molecular complexity index is 451. The van der Waals surface area contributed by atoms with E-state index in [0.29, 0.717) is 0 Å². The average Bonchev–Trinajstić information content (AvgIpc) is 2.80. The monoisotopic (exact) mass is 233 g/mol. The highest BCUT2D eigenvalue weighted by atomic mass is 32.1. The van der Waals surface area contributed by atoms with Gasteiger partial charge < -0.3 is 5.32 Å². The molecule has 0 aliphatic rings. The van der Waals surface area contributed by atoms with Gasteiger partial charge in [0, 0.05) is 11.1 Å². The van der Waals surface area contributed by atoms with Crippen LogP contribution in [0.4, 0.5) is 5.69 Å². The van der Waals surface area contributed by atoms with Gasteiger partial charge in [-0.3, -0.25) is 0 Å². The highest BCUT2D eigenvalue weighted by molar-refractivity contribution is 7.03. The van der Waals surface area contributed by atoms with Crippen molar-refractivity contribution in [2.45, 2.75) is 26.8 Å². The van der Waals surface area contributed by atoms with E-state index in [1.165, 1.54) is 28.3 Å². The predicted molar refractivity (Wildman–Crippen MR) is 67.8 cm³/mol. The van der Waals surface area contributed by atoms with E-state index in [1.54, 1.807) is 0 Å². The Morgan fingerprint density at radius 2 is 2.25 bits per heavy atom. The molecule has 0 spiro atoms. The molecule has 0 unspecified atom stereocenters. The van der Waals surface area contributed by atoms with Gasteiger partial charge >= 0.3 is 0 Å². The first-order valence-electron chi connectivity index (χ1n) is 5.39. The molecule has 0 saturated heterocycles. The van der Waals surface area contributed by atoms with E-state index in [-0.39, 0.29) is 0 Å². The fourth-order valence-corrected chi connectivity index (χ4v) is 2.17. The van der Waals surface area contributed by atoms with Crippen LogP contribution in [0.1, 0.15) is 23.7 Å². The fourth-order valence-electron chi connectivity index (χ4n) is 1.72. The lowest BCUT2D eigenvalue weighted by atomic mass is 10.1. The number of rotatable bonds is 4. The molecule has 0 radical (unpaired) electrons. The Morgan fingerprint density at radius 3 is 2.94 bits per heavy atom. The number of aryl methyl sites for hydroxylation is 2. The van der Waals surface area contributed by atoms with Gasteiger partial charge in [-0.05, 0) is 36.0 Å². The van der Waals surface area contributed by atoms with E-state index < -0.39 is 0 Å². The van der Waals surface area contributed by atoms with Gasteiger partial charge in [-0.2, -0.15) is 0 Å². The van der Waals surface area contributed by atoms with Gasteiger partial charge in [0.25, 0.3) is 0 Å². The average molecular weight is 233 g/mol. The summed E-state index contributed by atoms with van der Waals surface area (Å²) in [6.07, 6.45) is 1.04. The zero-order valence-corrected chi connectivity index (χ0v) is 10.3. The van der Waals surface area contributed by atoms with Gasteiger partial charge in [-0.1, -0.05) is 29.6 Å². The normalized spacial score (nSPS) is 10.4. The van der Waals surface area contributed by atoms with E-state index in [2.05, 4.69) is 47.0 Å². The lowest BCUT2D eigenvalue weighted by molar-refractivity contribution is 0.989. The molecule has 1 N–H and O–H groups in total. The molecule has 0 amide bonds. The predicted octanol–water partition coefficient (Wildman–Crippen LogP) is 3.02. The van der Waals surface area contributed by atoms with E-state index in [4.69, 9.17) is 0 Å². The molecule has 84 valence electrons. The third-order valence-electron chi connectivity index (χ3n) is 2.59. The second-order valence-corrected chi connectivity index (χ2v) is 4.32. The summed E-state index contributed by atoms with van der Waals surface area (Å²) in [5.41, 5.74) is 4.86. The number of hydrogen-bond acceptors (Lipinski definition) is 4. The maximum Gasteiger partial charge on any atom is 0.0946 e. The Morgan fingerprint density at radius 1 is 1.38 bits per heavy atom. The van der Waals surface area contributed by atoms with Crippen LogP contribution in [0, 0.1) is 6.92 Å². The Hall–Kier alpha value is -1.42. The summed E-state index contributed by atoms with van der Waals surface area (Å²) in [6.45, 7) is 5.04. The van der Waals surface area contributed by atoms with E-state index >= 15 is 0 Å². The molecule has 0 bridgehead atoms. The number of anilines is 1. The number of para-hydroxylation sites is 1. The molecule has 1 aromatic heterocycles. The molecule has 1 aromatic carbocycles. The van der Waals surface area contributed by atoms with E-state index in [9.17, 15) is 0 Å². The van der Waals surface area contributed by atoms with Crippen LogP contribution in [-0.2, 0) is 13.0 Å². The summed E-state index contributed by atoms with van der Waals surface area (Å²) in [5, 5.41) is 9.43. The summed E-state index contributed by atoms with van der Waals surface area (Å²) in [6, 6.07) is 6.39. The quantitative estimate of drug-likeness (QED) is 0.882. The summed E-state index contributed by atoms with van der Waals surface area (Å²) < 4.78 is 3.85. The zero-order chi connectivity index (χ0) is 11.4. The van der Waals surface area contributed by atoms with Crippen molar-refractivity contribution in [1.82, 2.24) is 9.59 Å². The van der Waals surface area contributed by atoms with Crippen molar-refractivity contribution in [2.75, 3.05) is 5.32 Å².